The topological polar surface area (TPSA) is 72.4 Å². The molecule has 1 aliphatic heterocycles. The Labute approximate surface area is 81.9 Å². The van der Waals surface area contributed by atoms with E-state index < -0.39 is 0 Å². The molecule has 0 atom stereocenters. The Kier molecular flexibility index (Phi) is 2.25. The van der Waals surface area contributed by atoms with E-state index in [0.29, 0.717) is 19.0 Å². The molecule has 5 heteroatoms. The van der Waals surface area contributed by atoms with Gasteiger partial charge in [-0.1, -0.05) is 0 Å². The number of fused-ring (bicyclic) bond motifs is 1. The number of carbonyl (C=O) groups is 1. The van der Waals surface area contributed by atoms with Gasteiger partial charge in [0.1, 0.15) is 5.76 Å². The lowest BCUT2D eigenvalue weighted by Crippen LogP contribution is -2.39. The predicted octanol–water partition coefficient (Wildman–Crippen LogP) is -0.174. The van der Waals surface area contributed by atoms with Gasteiger partial charge in [0.25, 0.3) is 0 Å². The Morgan fingerprint density at radius 3 is 3.21 bits per heavy atom. The molecule has 2 heterocycles. The molecular weight excluding hydrogens is 182 g/mol. The largest absolute Gasteiger partial charge is 0.444 e. The molecule has 0 spiro atoms. The molecule has 0 bridgehead atoms. The number of amides is 1. The van der Waals surface area contributed by atoms with Crippen molar-refractivity contribution in [1.29, 1.82) is 0 Å². The van der Waals surface area contributed by atoms with Crippen LogP contribution in [0, 0.1) is 6.92 Å². The molecule has 2 N–H and O–H groups in total. The second-order valence-electron chi connectivity index (χ2n) is 3.37. The first-order chi connectivity index (χ1) is 6.70. The average Bonchev–Trinajstić information content (AvgIpc) is 2.55. The monoisotopic (exact) mass is 195 g/mol. The highest BCUT2D eigenvalue weighted by Crippen LogP contribution is 2.19. The van der Waals surface area contributed by atoms with Crippen molar-refractivity contribution in [3.8, 4) is 0 Å². The van der Waals surface area contributed by atoms with Gasteiger partial charge >= 0.3 is 0 Å². The molecule has 0 aliphatic carbocycles. The lowest BCUT2D eigenvalue weighted by molar-refractivity contribution is -0.130. The van der Waals surface area contributed by atoms with E-state index in [1.54, 1.807) is 4.90 Å². The molecule has 2 rings (SSSR count). The van der Waals surface area contributed by atoms with Crippen LogP contribution in [0.2, 0.25) is 0 Å². The van der Waals surface area contributed by atoms with Crippen LogP contribution in [0.4, 0.5) is 0 Å². The summed E-state index contributed by atoms with van der Waals surface area (Å²) >= 11 is 0. The zero-order valence-electron chi connectivity index (χ0n) is 8.12. The third-order valence-corrected chi connectivity index (χ3v) is 2.37. The number of nitrogens with zero attached hydrogens (tertiary/aromatic N) is 2. The van der Waals surface area contributed by atoms with Crippen LogP contribution in [0.5, 0.6) is 0 Å². The molecule has 1 amide bonds. The first-order valence-electron chi connectivity index (χ1n) is 4.63. The number of aromatic nitrogens is 1. The predicted molar refractivity (Wildman–Crippen MR) is 49.4 cm³/mol. The number of nitrogens with two attached hydrogens (primary N) is 1. The summed E-state index contributed by atoms with van der Waals surface area (Å²) in [5, 5.41) is 0. The maximum atomic E-state index is 11.3. The zero-order chi connectivity index (χ0) is 10.1. The van der Waals surface area contributed by atoms with Crippen LogP contribution in [0.3, 0.4) is 0 Å². The second-order valence-corrected chi connectivity index (χ2v) is 3.37. The minimum Gasteiger partial charge on any atom is -0.444 e. The van der Waals surface area contributed by atoms with Gasteiger partial charge < -0.3 is 15.1 Å². The van der Waals surface area contributed by atoms with Crippen LogP contribution in [0.25, 0.3) is 0 Å². The minimum absolute atomic E-state index is 0.0373. The number of oxazole rings is 1. The fourth-order valence-electron chi connectivity index (χ4n) is 1.67. The summed E-state index contributed by atoms with van der Waals surface area (Å²) in [6.45, 7) is 3.07. The van der Waals surface area contributed by atoms with Crippen molar-refractivity contribution in [2.24, 2.45) is 5.73 Å². The number of carbonyl (C=O) groups excluding carboxylic acids is 1. The lowest BCUT2D eigenvalue weighted by atomic mass is 10.1. The van der Waals surface area contributed by atoms with Crippen molar-refractivity contribution in [3.63, 3.8) is 0 Å². The van der Waals surface area contributed by atoms with E-state index in [4.69, 9.17) is 10.2 Å². The van der Waals surface area contributed by atoms with Crippen LogP contribution < -0.4 is 5.73 Å². The smallest absolute Gasteiger partial charge is 0.236 e. The van der Waals surface area contributed by atoms with Crippen molar-refractivity contribution in [2.75, 3.05) is 13.1 Å². The first-order valence-corrected chi connectivity index (χ1v) is 4.63. The highest BCUT2D eigenvalue weighted by molar-refractivity contribution is 5.78. The van der Waals surface area contributed by atoms with Crippen molar-refractivity contribution in [3.05, 3.63) is 17.3 Å². The number of rotatable bonds is 1. The summed E-state index contributed by atoms with van der Waals surface area (Å²) in [7, 11) is 0. The molecule has 0 saturated carbocycles. The summed E-state index contributed by atoms with van der Waals surface area (Å²) < 4.78 is 5.39. The molecule has 76 valence electrons. The van der Waals surface area contributed by atoms with Gasteiger partial charge in [0.15, 0.2) is 5.89 Å². The zero-order valence-corrected chi connectivity index (χ0v) is 8.12. The second kappa shape index (κ2) is 3.42. The molecular formula is C9H13N3O2. The van der Waals surface area contributed by atoms with Crippen molar-refractivity contribution >= 4 is 5.91 Å². The Hall–Kier alpha value is -1.36. The lowest BCUT2D eigenvalue weighted by Gasteiger charge is -2.24. The number of hydrogen-bond acceptors (Lipinski definition) is 4. The van der Waals surface area contributed by atoms with E-state index in [9.17, 15) is 4.79 Å². The van der Waals surface area contributed by atoms with E-state index in [1.807, 2.05) is 6.92 Å². The third-order valence-electron chi connectivity index (χ3n) is 2.37. The molecule has 1 aliphatic rings. The third kappa shape index (κ3) is 1.50. The highest BCUT2D eigenvalue weighted by Gasteiger charge is 2.23. The normalized spacial score (nSPS) is 15.4. The van der Waals surface area contributed by atoms with E-state index in [1.165, 1.54) is 0 Å². The molecule has 1 aromatic rings. The number of hydrogen-bond donors (Lipinski definition) is 1. The SMILES string of the molecule is Cc1nc2c(o1)CN(C(=O)CN)CC2. The van der Waals surface area contributed by atoms with Gasteiger partial charge in [-0.2, -0.15) is 0 Å². The molecule has 0 aromatic carbocycles. The Morgan fingerprint density at radius 2 is 2.50 bits per heavy atom. The average molecular weight is 195 g/mol. The van der Waals surface area contributed by atoms with Gasteiger partial charge in [0.05, 0.1) is 18.8 Å². The summed E-state index contributed by atoms with van der Waals surface area (Å²) in [6, 6.07) is 0. The van der Waals surface area contributed by atoms with Crippen molar-refractivity contribution < 1.29 is 9.21 Å². The van der Waals surface area contributed by atoms with Crippen molar-refractivity contribution in [1.82, 2.24) is 9.88 Å². The van der Waals surface area contributed by atoms with Crippen molar-refractivity contribution in [2.45, 2.75) is 19.9 Å². The summed E-state index contributed by atoms with van der Waals surface area (Å²) in [4.78, 5) is 17.3. The van der Waals surface area contributed by atoms with E-state index >= 15 is 0 Å². The molecule has 5 nitrogen and oxygen atoms in total. The molecule has 0 fully saturated rings. The Morgan fingerprint density at radius 1 is 1.71 bits per heavy atom. The highest BCUT2D eigenvalue weighted by atomic mass is 16.4. The molecule has 1 aromatic heterocycles. The first kappa shape index (κ1) is 9.21. The van der Waals surface area contributed by atoms with E-state index in [-0.39, 0.29) is 12.5 Å². The fraction of sp³-hybridized carbons (Fsp3) is 0.556. The summed E-state index contributed by atoms with van der Waals surface area (Å²) in [5.74, 6) is 1.43. The summed E-state index contributed by atoms with van der Waals surface area (Å²) in [6.07, 6.45) is 0.762. The molecule has 0 radical (unpaired) electrons. The fourth-order valence-corrected chi connectivity index (χ4v) is 1.67. The van der Waals surface area contributed by atoms with E-state index in [0.717, 1.165) is 17.9 Å². The standard InChI is InChI=1S/C9H13N3O2/c1-6-11-7-2-3-12(9(13)4-10)5-8(7)14-6/h2-5,10H2,1H3. The van der Waals surface area contributed by atoms with Crippen LogP contribution in [0.1, 0.15) is 17.3 Å². The van der Waals surface area contributed by atoms with Gasteiger partial charge in [-0.3, -0.25) is 4.79 Å². The van der Waals surface area contributed by atoms with Gasteiger partial charge in [-0.25, -0.2) is 4.98 Å². The van der Waals surface area contributed by atoms with Crippen LogP contribution >= 0.6 is 0 Å². The van der Waals surface area contributed by atoms with Gasteiger partial charge in [0.2, 0.25) is 5.91 Å². The molecule has 0 saturated heterocycles. The maximum absolute atomic E-state index is 11.3. The van der Waals surface area contributed by atoms with Crippen LogP contribution in [-0.2, 0) is 17.8 Å². The van der Waals surface area contributed by atoms with Gasteiger partial charge in [-0.15, -0.1) is 0 Å². The van der Waals surface area contributed by atoms with Gasteiger partial charge in [-0.05, 0) is 0 Å². The minimum atomic E-state index is -0.0373. The van der Waals surface area contributed by atoms with Crippen LogP contribution in [0.15, 0.2) is 4.42 Å². The van der Waals surface area contributed by atoms with Gasteiger partial charge in [0, 0.05) is 19.9 Å². The number of aryl methyl sites for hydroxylation is 1. The summed E-state index contributed by atoms with van der Waals surface area (Å²) in [5.41, 5.74) is 6.27. The maximum Gasteiger partial charge on any atom is 0.236 e. The van der Waals surface area contributed by atoms with E-state index in [2.05, 4.69) is 4.98 Å². The Bertz CT molecular complexity index is 359. The molecule has 14 heavy (non-hydrogen) atoms. The Balaban J connectivity index is 2.16. The van der Waals surface area contributed by atoms with Crippen LogP contribution in [-0.4, -0.2) is 28.9 Å². The molecule has 0 unspecified atom stereocenters. The quantitative estimate of drug-likeness (QED) is 0.675.